The van der Waals surface area contributed by atoms with Gasteiger partial charge in [0.15, 0.2) is 11.3 Å². The van der Waals surface area contributed by atoms with Crippen molar-refractivity contribution in [3.05, 3.63) is 30.0 Å². The Morgan fingerprint density at radius 3 is 2.94 bits per heavy atom. The van der Waals surface area contributed by atoms with Crippen molar-refractivity contribution in [2.24, 2.45) is 0 Å². The molecule has 0 aliphatic heterocycles. The Labute approximate surface area is 92.8 Å². The Balaban J connectivity index is 2.53. The summed E-state index contributed by atoms with van der Waals surface area (Å²) in [7, 11) is 1.56. The second-order valence-corrected chi connectivity index (χ2v) is 3.21. The number of methoxy groups -OCH3 is 1. The van der Waals surface area contributed by atoms with Gasteiger partial charge >= 0.3 is 5.97 Å². The molecule has 1 aromatic heterocycles. The number of hydrogen-bond acceptors (Lipinski definition) is 4. The summed E-state index contributed by atoms with van der Waals surface area (Å²) in [5.41, 5.74) is 0.990. The van der Waals surface area contributed by atoms with Crippen LogP contribution < -0.4 is 4.74 Å². The predicted molar refractivity (Wildman–Crippen MR) is 58.7 cm³/mol. The molecule has 0 saturated carbocycles. The van der Waals surface area contributed by atoms with Gasteiger partial charge in [-0.1, -0.05) is 6.07 Å². The van der Waals surface area contributed by atoms with E-state index in [2.05, 4.69) is 0 Å². The highest BCUT2D eigenvalue weighted by atomic mass is 16.5. The molecule has 0 spiro atoms. The fourth-order valence-electron chi connectivity index (χ4n) is 1.56. The fourth-order valence-corrected chi connectivity index (χ4v) is 1.56. The van der Waals surface area contributed by atoms with Crippen molar-refractivity contribution < 1.29 is 18.7 Å². The zero-order chi connectivity index (χ0) is 11.5. The van der Waals surface area contributed by atoms with E-state index in [9.17, 15) is 4.79 Å². The van der Waals surface area contributed by atoms with E-state index >= 15 is 0 Å². The Morgan fingerprint density at radius 2 is 2.25 bits per heavy atom. The van der Waals surface area contributed by atoms with E-state index in [-0.39, 0.29) is 5.97 Å². The highest BCUT2D eigenvalue weighted by molar-refractivity contribution is 6.04. The van der Waals surface area contributed by atoms with Gasteiger partial charge in [0.2, 0.25) is 0 Å². The first-order valence-corrected chi connectivity index (χ1v) is 4.99. The van der Waals surface area contributed by atoms with Gasteiger partial charge in [-0.2, -0.15) is 0 Å². The zero-order valence-corrected chi connectivity index (χ0v) is 9.15. The van der Waals surface area contributed by atoms with Gasteiger partial charge in [0.25, 0.3) is 0 Å². The van der Waals surface area contributed by atoms with Gasteiger partial charge in [-0.15, -0.1) is 0 Å². The molecular weight excluding hydrogens is 208 g/mol. The fraction of sp³-hybridized carbons (Fsp3) is 0.250. The first-order chi connectivity index (χ1) is 7.77. The maximum Gasteiger partial charge on any atom is 0.342 e. The number of rotatable bonds is 3. The number of furan rings is 1. The lowest BCUT2D eigenvalue weighted by Crippen LogP contribution is -2.03. The van der Waals surface area contributed by atoms with Crippen molar-refractivity contribution >= 4 is 16.9 Å². The Bertz CT molecular complexity index is 513. The monoisotopic (exact) mass is 220 g/mol. The molecule has 84 valence electrons. The van der Waals surface area contributed by atoms with E-state index in [0.29, 0.717) is 28.9 Å². The first kappa shape index (κ1) is 10.5. The largest absolute Gasteiger partial charge is 0.493 e. The third-order valence-electron chi connectivity index (χ3n) is 2.28. The van der Waals surface area contributed by atoms with Crippen molar-refractivity contribution in [3.8, 4) is 5.75 Å². The molecule has 4 heteroatoms. The van der Waals surface area contributed by atoms with Gasteiger partial charge in [0.1, 0.15) is 11.8 Å². The van der Waals surface area contributed by atoms with Crippen LogP contribution in [0.4, 0.5) is 0 Å². The lowest BCUT2D eigenvalue weighted by Gasteiger charge is -2.00. The van der Waals surface area contributed by atoms with Crippen LogP contribution in [0.15, 0.2) is 28.9 Å². The number of para-hydroxylation sites is 1. The lowest BCUT2D eigenvalue weighted by atomic mass is 10.1. The van der Waals surface area contributed by atoms with Crippen LogP contribution in [0, 0.1) is 0 Å². The highest BCUT2D eigenvalue weighted by Gasteiger charge is 2.16. The van der Waals surface area contributed by atoms with Crippen LogP contribution >= 0.6 is 0 Å². The van der Waals surface area contributed by atoms with Crippen molar-refractivity contribution in [2.45, 2.75) is 6.92 Å². The molecule has 16 heavy (non-hydrogen) atoms. The van der Waals surface area contributed by atoms with Gasteiger partial charge in [-0.05, 0) is 19.1 Å². The molecule has 0 aliphatic rings. The highest BCUT2D eigenvalue weighted by Crippen LogP contribution is 2.29. The third-order valence-corrected chi connectivity index (χ3v) is 2.28. The Kier molecular flexibility index (Phi) is 2.81. The van der Waals surface area contributed by atoms with E-state index in [1.807, 2.05) is 0 Å². The number of carbonyl (C=O) groups is 1. The molecule has 1 heterocycles. The molecule has 0 aliphatic carbocycles. The molecule has 4 nitrogen and oxygen atoms in total. The quantitative estimate of drug-likeness (QED) is 0.746. The standard InChI is InChI=1S/C12H12O4/c1-3-15-12(13)9-7-16-11-8(9)5-4-6-10(11)14-2/h4-7H,3H2,1-2H3. The molecule has 0 atom stereocenters. The van der Waals surface area contributed by atoms with Gasteiger partial charge in [-0.3, -0.25) is 0 Å². The maximum absolute atomic E-state index is 11.6. The summed E-state index contributed by atoms with van der Waals surface area (Å²) in [5.74, 6) is 0.225. The molecule has 0 amide bonds. The molecular formula is C12H12O4. The van der Waals surface area contributed by atoms with Crippen LogP contribution in [0.2, 0.25) is 0 Å². The SMILES string of the molecule is CCOC(=O)c1coc2c(OC)cccc12. The number of esters is 1. The smallest absolute Gasteiger partial charge is 0.342 e. The summed E-state index contributed by atoms with van der Waals surface area (Å²) in [4.78, 5) is 11.6. The molecule has 0 radical (unpaired) electrons. The maximum atomic E-state index is 11.6. The number of hydrogen-bond donors (Lipinski definition) is 0. The second-order valence-electron chi connectivity index (χ2n) is 3.21. The van der Waals surface area contributed by atoms with Crippen LogP contribution in [-0.4, -0.2) is 19.7 Å². The van der Waals surface area contributed by atoms with E-state index in [1.54, 1.807) is 32.2 Å². The Hall–Kier alpha value is -1.97. The second kappa shape index (κ2) is 4.26. The van der Waals surface area contributed by atoms with Gasteiger partial charge < -0.3 is 13.9 Å². The summed E-state index contributed by atoms with van der Waals surface area (Å²) in [6.07, 6.45) is 1.39. The molecule has 0 N–H and O–H groups in total. The summed E-state index contributed by atoms with van der Waals surface area (Å²) in [6.45, 7) is 2.11. The van der Waals surface area contributed by atoms with Crippen LogP contribution in [0.5, 0.6) is 5.75 Å². The van der Waals surface area contributed by atoms with E-state index in [4.69, 9.17) is 13.9 Å². The minimum atomic E-state index is -0.380. The van der Waals surface area contributed by atoms with Crippen LogP contribution in [-0.2, 0) is 4.74 Å². The van der Waals surface area contributed by atoms with Gasteiger partial charge in [0.05, 0.1) is 13.7 Å². The normalized spacial score (nSPS) is 10.4. The van der Waals surface area contributed by atoms with Crippen LogP contribution in [0.1, 0.15) is 17.3 Å². The summed E-state index contributed by atoms with van der Waals surface area (Å²) in [6, 6.07) is 5.38. The summed E-state index contributed by atoms with van der Waals surface area (Å²) >= 11 is 0. The third kappa shape index (κ3) is 1.62. The predicted octanol–water partition coefficient (Wildman–Crippen LogP) is 2.62. The van der Waals surface area contributed by atoms with E-state index in [0.717, 1.165) is 0 Å². The average Bonchev–Trinajstić information content (AvgIpc) is 2.72. The lowest BCUT2D eigenvalue weighted by molar-refractivity contribution is 0.0527. The van der Waals surface area contributed by atoms with E-state index in [1.165, 1.54) is 6.26 Å². The minimum Gasteiger partial charge on any atom is -0.493 e. The minimum absolute atomic E-state index is 0.343. The number of benzene rings is 1. The van der Waals surface area contributed by atoms with Gasteiger partial charge in [0, 0.05) is 5.39 Å². The molecule has 0 saturated heterocycles. The number of fused-ring (bicyclic) bond motifs is 1. The van der Waals surface area contributed by atoms with Crippen molar-refractivity contribution in [2.75, 3.05) is 13.7 Å². The number of ether oxygens (including phenoxy) is 2. The first-order valence-electron chi connectivity index (χ1n) is 4.99. The Morgan fingerprint density at radius 1 is 1.44 bits per heavy atom. The molecule has 0 bridgehead atoms. The molecule has 1 aromatic carbocycles. The van der Waals surface area contributed by atoms with Crippen LogP contribution in [0.25, 0.3) is 11.0 Å². The summed E-state index contributed by atoms with van der Waals surface area (Å²) < 4.78 is 15.4. The zero-order valence-electron chi connectivity index (χ0n) is 9.15. The molecule has 2 aromatic rings. The van der Waals surface area contributed by atoms with Crippen molar-refractivity contribution in [1.29, 1.82) is 0 Å². The topological polar surface area (TPSA) is 48.7 Å². The van der Waals surface area contributed by atoms with E-state index < -0.39 is 0 Å². The van der Waals surface area contributed by atoms with Crippen molar-refractivity contribution in [3.63, 3.8) is 0 Å². The average molecular weight is 220 g/mol. The summed E-state index contributed by atoms with van der Waals surface area (Å²) in [5, 5.41) is 0.706. The molecule has 0 fully saturated rings. The molecule has 2 rings (SSSR count). The van der Waals surface area contributed by atoms with Crippen molar-refractivity contribution in [1.82, 2.24) is 0 Å². The molecule has 0 unspecified atom stereocenters. The van der Waals surface area contributed by atoms with Crippen LogP contribution in [0.3, 0.4) is 0 Å². The number of carbonyl (C=O) groups excluding carboxylic acids is 1. The van der Waals surface area contributed by atoms with Gasteiger partial charge in [-0.25, -0.2) is 4.79 Å².